The molecule has 0 spiro atoms. The summed E-state index contributed by atoms with van der Waals surface area (Å²) in [5, 5.41) is 8.02. The molecular formula is C17H27N3O. The van der Waals surface area contributed by atoms with Crippen LogP contribution in [0.25, 0.3) is 5.70 Å². The van der Waals surface area contributed by atoms with Crippen molar-refractivity contribution in [3.05, 3.63) is 23.0 Å². The lowest BCUT2D eigenvalue weighted by atomic mass is 9.95. The summed E-state index contributed by atoms with van der Waals surface area (Å²) in [6.07, 6.45) is 2.47. The molecule has 0 aliphatic heterocycles. The molecule has 1 saturated carbocycles. The molecule has 0 amide bonds. The normalized spacial score (nSPS) is 16.4. The molecule has 1 aromatic heterocycles. The predicted molar refractivity (Wildman–Crippen MR) is 86.1 cm³/mol. The van der Waals surface area contributed by atoms with Gasteiger partial charge in [-0.2, -0.15) is 5.10 Å². The second-order valence-corrected chi connectivity index (χ2v) is 6.52. The van der Waals surface area contributed by atoms with Gasteiger partial charge in [0.25, 0.3) is 0 Å². The third-order valence-corrected chi connectivity index (χ3v) is 3.97. The SMILES string of the molecule is CN/C(=C(\C(C)=O)C(C)C)c1cc(C2CC2)nn1C(C)C. The first-order valence-electron chi connectivity index (χ1n) is 7.89. The van der Waals surface area contributed by atoms with Crippen molar-refractivity contribution >= 4 is 11.5 Å². The second kappa shape index (κ2) is 6.04. The van der Waals surface area contributed by atoms with Crippen LogP contribution >= 0.6 is 0 Å². The molecule has 0 unspecified atom stereocenters. The van der Waals surface area contributed by atoms with Crippen molar-refractivity contribution in [2.75, 3.05) is 7.05 Å². The Hall–Kier alpha value is -1.58. The minimum atomic E-state index is 0.124. The zero-order valence-electron chi connectivity index (χ0n) is 14.0. The summed E-state index contributed by atoms with van der Waals surface area (Å²) in [6, 6.07) is 2.44. The molecule has 21 heavy (non-hydrogen) atoms. The van der Waals surface area contributed by atoms with E-state index in [1.54, 1.807) is 6.92 Å². The topological polar surface area (TPSA) is 46.9 Å². The Morgan fingerprint density at radius 1 is 1.33 bits per heavy atom. The van der Waals surface area contributed by atoms with Crippen molar-refractivity contribution in [3.8, 4) is 0 Å². The minimum absolute atomic E-state index is 0.124. The van der Waals surface area contributed by atoms with E-state index < -0.39 is 0 Å². The van der Waals surface area contributed by atoms with E-state index in [0.29, 0.717) is 5.92 Å². The number of rotatable bonds is 6. The van der Waals surface area contributed by atoms with Gasteiger partial charge in [-0.05, 0) is 45.6 Å². The van der Waals surface area contributed by atoms with Gasteiger partial charge in [-0.1, -0.05) is 13.8 Å². The molecule has 0 radical (unpaired) electrons. The highest BCUT2D eigenvalue weighted by Crippen LogP contribution is 2.40. The van der Waals surface area contributed by atoms with Crippen molar-refractivity contribution in [1.82, 2.24) is 15.1 Å². The number of Topliss-reactive ketones (excluding diaryl/α,β-unsaturated/α-hetero) is 1. The maximum Gasteiger partial charge on any atom is 0.158 e. The Morgan fingerprint density at radius 2 is 1.95 bits per heavy atom. The zero-order valence-corrected chi connectivity index (χ0v) is 14.0. The van der Waals surface area contributed by atoms with E-state index in [4.69, 9.17) is 5.10 Å². The summed E-state index contributed by atoms with van der Waals surface area (Å²) in [5.74, 6) is 0.922. The molecule has 1 aliphatic rings. The summed E-state index contributed by atoms with van der Waals surface area (Å²) in [5.41, 5.74) is 3.97. The van der Waals surface area contributed by atoms with Crippen LogP contribution in [0.4, 0.5) is 0 Å². The van der Waals surface area contributed by atoms with Crippen molar-refractivity contribution in [2.45, 2.75) is 59.4 Å². The van der Waals surface area contributed by atoms with Crippen LogP contribution in [0.15, 0.2) is 11.6 Å². The Labute approximate surface area is 127 Å². The number of allylic oxidation sites excluding steroid dienone is 1. The Kier molecular flexibility index (Phi) is 4.55. The Morgan fingerprint density at radius 3 is 2.33 bits per heavy atom. The number of nitrogens with one attached hydrogen (secondary N) is 1. The summed E-state index contributed by atoms with van der Waals surface area (Å²) in [4.78, 5) is 12.1. The smallest absolute Gasteiger partial charge is 0.158 e. The Bertz CT molecular complexity index is 563. The largest absolute Gasteiger partial charge is 0.386 e. The molecule has 4 nitrogen and oxygen atoms in total. The average Bonchev–Trinajstić information content (AvgIpc) is 3.14. The number of carbonyl (C=O) groups is 1. The van der Waals surface area contributed by atoms with Crippen LogP contribution in [-0.2, 0) is 4.79 Å². The maximum absolute atomic E-state index is 12.1. The molecular weight excluding hydrogens is 262 g/mol. The van der Waals surface area contributed by atoms with E-state index in [0.717, 1.165) is 22.7 Å². The van der Waals surface area contributed by atoms with Gasteiger partial charge in [-0.3, -0.25) is 9.48 Å². The van der Waals surface area contributed by atoms with Gasteiger partial charge in [0.15, 0.2) is 5.78 Å². The molecule has 1 aromatic rings. The van der Waals surface area contributed by atoms with Crippen LogP contribution in [0, 0.1) is 5.92 Å². The average molecular weight is 289 g/mol. The highest BCUT2D eigenvalue weighted by atomic mass is 16.1. The standard InChI is InChI=1S/C17H27N3O/c1-10(2)16(12(5)21)17(18-6)15-9-14(13-7-8-13)19-20(15)11(3)4/h9-11,13,18H,7-8H2,1-6H3/b17-16-. The summed E-state index contributed by atoms with van der Waals surface area (Å²) >= 11 is 0. The summed E-state index contributed by atoms with van der Waals surface area (Å²) in [7, 11) is 1.88. The first-order chi connectivity index (χ1) is 9.86. The highest BCUT2D eigenvalue weighted by molar-refractivity contribution is 6.00. The molecule has 4 heteroatoms. The van der Waals surface area contributed by atoms with Gasteiger partial charge >= 0.3 is 0 Å². The van der Waals surface area contributed by atoms with Crippen LogP contribution in [0.1, 0.15) is 70.8 Å². The van der Waals surface area contributed by atoms with Gasteiger partial charge in [0.2, 0.25) is 0 Å². The van der Waals surface area contributed by atoms with E-state index in [1.807, 2.05) is 11.7 Å². The van der Waals surface area contributed by atoms with Gasteiger partial charge < -0.3 is 5.32 Å². The molecule has 2 rings (SSSR count). The van der Waals surface area contributed by atoms with E-state index in [-0.39, 0.29) is 17.7 Å². The number of hydrogen-bond donors (Lipinski definition) is 1. The van der Waals surface area contributed by atoms with Gasteiger partial charge in [-0.15, -0.1) is 0 Å². The van der Waals surface area contributed by atoms with Crippen LogP contribution < -0.4 is 5.32 Å². The summed E-state index contributed by atoms with van der Waals surface area (Å²) < 4.78 is 2.05. The monoisotopic (exact) mass is 289 g/mol. The highest BCUT2D eigenvalue weighted by Gasteiger charge is 2.29. The molecule has 1 N–H and O–H groups in total. The van der Waals surface area contributed by atoms with Gasteiger partial charge in [0.05, 0.1) is 17.1 Å². The van der Waals surface area contributed by atoms with E-state index in [2.05, 4.69) is 39.1 Å². The molecule has 0 saturated heterocycles. The Balaban J connectivity index is 2.60. The second-order valence-electron chi connectivity index (χ2n) is 6.52. The van der Waals surface area contributed by atoms with Crippen molar-refractivity contribution < 1.29 is 4.79 Å². The lowest BCUT2D eigenvalue weighted by Gasteiger charge is -2.18. The van der Waals surface area contributed by atoms with Gasteiger partial charge in [0.1, 0.15) is 0 Å². The van der Waals surface area contributed by atoms with Crippen LogP contribution in [0.3, 0.4) is 0 Å². The molecule has 1 heterocycles. The lowest BCUT2D eigenvalue weighted by Crippen LogP contribution is -2.19. The fourth-order valence-electron chi connectivity index (χ4n) is 2.84. The first kappa shape index (κ1) is 15.8. The molecule has 1 aliphatic carbocycles. The molecule has 1 fully saturated rings. The third-order valence-electron chi connectivity index (χ3n) is 3.97. The van der Waals surface area contributed by atoms with Crippen molar-refractivity contribution in [1.29, 1.82) is 0 Å². The third kappa shape index (κ3) is 3.20. The van der Waals surface area contributed by atoms with Crippen molar-refractivity contribution in [2.24, 2.45) is 5.92 Å². The molecule has 0 bridgehead atoms. The lowest BCUT2D eigenvalue weighted by molar-refractivity contribution is -0.114. The number of hydrogen-bond acceptors (Lipinski definition) is 3. The molecule has 0 atom stereocenters. The first-order valence-corrected chi connectivity index (χ1v) is 7.89. The molecule has 0 aromatic carbocycles. The fraction of sp³-hybridized carbons (Fsp3) is 0.647. The summed E-state index contributed by atoms with van der Waals surface area (Å²) in [6.45, 7) is 10.0. The molecule has 116 valence electrons. The number of carbonyl (C=O) groups excluding carboxylic acids is 1. The van der Waals surface area contributed by atoms with Gasteiger partial charge in [0, 0.05) is 24.6 Å². The van der Waals surface area contributed by atoms with Crippen LogP contribution in [0.2, 0.25) is 0 Å². The fourth-order valence-corrected chi connectivity index (χ4v) is 2.84. The van der Waals surface area contributed by atoms with E-state index in [9.17, 15) is 4.79 Å². The zero-order chi connectivity index (χ0) is 15.7. The van der Waals surface area contributed by atoms with E-state index in [1.165, 1.54) is 12.8 Å². The van der Waals surface area contributed by atoms with Crippen molar-refractivity contribution in [3.63, 3.8) is 0 Å². The quantitative estimate of drug-likeness (QED) is 0.815. The van der Waals surface area contributed by atoms with Crippen LogP contribution in [-0.4, -0.2) is 22.6 Å². The number of nitrogens with zero attached hydrogens (tertiary/aromatic N) is 2. The minimum Gasteiger partial charge on any atom is -0.386 e. The van der Waals surface area contributed by atoms with E-state index >= 15 is 0 Å². The number of ketones is 1. The van der Waals surface area contributed by atoms with Crippen LogP contribution in [0.5, 0.6) is 0 Å². The number of aromatic nitrogens is 2. The van der Waals surface area contributed by atoms with Gasteiger partial charge in [-0.25, -0.2) is 0 Å². The predicted octanol–water partition coefficient (Wildman–Crippen LogP) is 3.52. The maximum atomic E-state index is 12.1.